The molecule has 0 aromatic rings. The Labute approximate surface area is 68.9 Å². The second-order valence-corrected chi connectivity index (χ2v) is 2.21. The Kier molecular flexibility index (Phi) is 4.32. The molecule has 0 radical (unpaired) electrons. The zero-order chi connectivity index (χ0) is 8.15. The van der Waals surface area contributed by atoms with Gasteiger partial charge in [0.25, 0.3) is 0 Å². The molecule has 0 saturated carbocycles. The second kappa shape index (κ2) is 4.47. The molecule has 0 rings (SSSR count). The first kappa shape index (κ1) is 9.66. The van der Waals surface area contributed by atoms with Crippen LogP contribution in [0.2, 0.25) is 0 Å². The summed E-state index contributed by atoms with van der Waals surface area (Å²) >= 11 is 10.5. The zero-order valence-corrected chi connectivity index (χ0v) is 6.88. The highest BCUT2D eigenvalue weighted by atomic mass is 35.5. The van der Waals surface area contributed by atoms with E-state index >= 15 is 0 Å². The summed E-state index contributed by atoms with van der Waals surface area (Å²) in [6, 6.07) is 0. The highest BCUT2D eigenvalue weighted by Gasteiger charge is 1.99. The topological polar surface area (TPSA) is 12.4 Å². The molecular weight excluding hydrogens is 176 g/mol. The molecule has 0 N–H and O–H groups in total. The van der Waals surface area contributed by atoms with Gasteiger partial charge in [0.05, 0.1) is 0 Å². The Morgan fingerprint density at radius 2 is 2.10 bits per heavy atom. The van der Waals surface area contributed by atoms with Crippen molar-refractivity contribution in [2.24, 2.45) is 4.99 Å². The molecule has 0 unspecified atom stereocenters. The van der Waals surface area contributed by atoms with E-state index in [2.05, 4.69) is 11.6 Å². The van der Waals surface area contributed by atoms with Crippen molar-refractivity contribution in [3.05, 3.63) is 23.6 Å². The number of nitrogens with zero attached hydrogens (tertiary/aromatic N) is 1. The lowest BCUT2D eigenvalue weighted by Gasteiger charge is -1.90. The quantitative estimate of drug-likeness (QED) is 0.459. The van der Waals surface area contributed by atoms with Crippen molar-refractivity contribution in [3.8, 4) is 0 Å². The third-order valence-electron chi connectivity index (χ3n) is 0.670. The largest absolute Gasteiger partial charge is 0.222 e. The van der Waals surface area contributed by atoms with Gasteiger partial charge in [-0.1, -0.05) is 29.8 Å². The first-order valence-electron chi connectivity index (χ1n) is 2.48. The average Bonchev–Trinajstić information content (AvgIpc) is 1.85. The number of rotatable bonds is 2. The molecule has 1 nitrogen and oxygen atoms in total. The van der Waals surface area contributed by atoms with Crippen molar-refractivity contribution in [2.75, 3.05) is 0 Å². The lowest BCUT2D eigenvalue weighted by molar-refractivity contribution is 0.682. The Hall–Kier alpha value is -0.340. The monoisotopic (exact) mass is 181 g/mol. The summed E-state index contributed by atoms with van der Waals surface area (Å²) in [4.78, 5) is 3.36. The predicted octanol–water partition coefficient (Wildman–Crippen LogP) is 3.21. The molecule has 0 aromatic heterocycles. The van der Waals surface area contributed by atoms with Crippen LogP contribution >= 0.6 is 23.2 Å². The fourth-order valence-electron chi connectivity index (χ4n) is 0.279. The first-order chi connectivity index (χ1) is 4.57. The molecule has 0 aliphatic heterocycles. The van der Waals surface area contributed by atoms with Gasteiger partial charge in [-0.05, 0) is 13.0 Å². The van der Waals surface area contributed by atoms with E-state index in [1.807, 2.05) is 0 Å². The highest BCUT2D eigenvalue weighted by molar-refractivity contribution is 6.69. The van der Waals surface area contributed by atoms with Gasteiger partial charge < -0.3 is 0 Å². The van der Waals surface area contributed by atoms with E-state index in [1.165, 1.54) is 13.0 Å². The first-order valence-corrected chi connectivity index (χ1v) is 3.24. The summed E-state index contributed by atoms with van der Waals surface area (Å²) in [7, 11) is 0. The van der Waals surface area contributed by atoms with E-state index in [4.69, 9.17) is 23.2 Å². The number of allylic oxidation sites excluding steroid dienone is 2. The molecule has 0 aliphatic rings. The van der Waals surface area contributed by atoms with Crippen molar-refractivity contribution < 1.29 is 4.39 Å². The molecule has 4 heteroatoms. The summed E-state index contributed by atoms with van der Waals surface area (Å²) in [6.45, 7) is 4.72. The Morgan fingerprint density at radius 3 is 2.40 bits per heavy atom. The van der Waals surface area contributed by atoms with E-state index in [9.17, 15) is 4.39 Å². The summed E-state index contributed by atoms with van der Waals surface area (Å²) in [6.07, 6.45) is 1.19. The lowest BCUT2D eigenvalue weighted by Crippen LogP contribution is -1.86. The van der Waals surface area contributed by atoms with E-state index in [0.717, 1.165) is 0 Å². The molecule has 0 heterocycles. The van der Waals surface area contributed by atoms with Crippen LogP contribution in [0, 0.1) is 0 Å². The third-order valence-corrected chi connectivity index (χ3v) is 1.02. The van der Waals surface area contributed by atoms with Crippen molar-refractivity contribution in [1.82, 2.24) is 0 Å². The average molecular weight is 182 g/mol. The van der Waals surface area contributed by atoms with E-state index < -0.39 is 5.83 Å². The van der Waals surface area contributed by atoms with Gasteiger partial charge in [0, 0.05) is 0 Å². The van der Waals surface area contributed by atoms with Crippen LogP contribution in [0.15, 0.2) is 28.6 Å². The maximum absolute atomic E-state index is 12.4. The summed E-state index contributed by atoms with van der Waals surface area (Å²) in [5.41, 5.74) is 0. The van der Waals surface area contributed by atoms with Crippen molar-refractivity contribution in [2.45, 2.75) is 6.92 Å². The smallest absolute Gasteiger partial charge is 0.166 e. The maximum Gasteiger partial charge on any atom is 0.166 e. The fourth-order valence-corrected chi connectivity index (χ4v) is 0.618. The Morgan fingerprint density at radius 1 is 1.60 bits per heavy atom. The van der Waals surface area contributed by atoms with Crippen LogP contribution in [-0.4, -0.2) is 5.17 Å². The molecular formula is C6H6Cl2FN. The molecule has 0 fully saturated rings. The van der Waals surface area contributed by atoms with Crippen molar-refractivity contribution in [3.63, 3.8) is 0 Å². The molecule has 0 amide bonds. The Bertz CT molecular complexity index is 196. The third kappa shape index (κ3) is 3.64. The molecule has 56 valence electrons. The van der Waals surface area contributed by atoms with Crippen LogP contribution in [0.4, 0.5) is 4.39 Å². The van der Waals surface area contributed by atoms with Crippen molar-refractivity contribution in [1.29, 1.82) is 0 Å². The van der Waals surface area contributed by atoms with Crippen LogP contribution in [0.1, 0.15) is 6.92 Å². The van der Waals surface area contributed by atoms with Gasteiger partial charge >= 0.3 is 0 Å². The van der Waals surface area contributed by atoms with Gasteiger partial charge in [-0.2, -0.15) is 0 Å². The fraction of sp³-hybridized carbons (Fsp3) is 0.167. The van der Waals surface area contributed by atoms with Gasteiger partial charge in [-0.25, -0.2) is 9.38 Å². The number of hydrogen-bond acceptors (Lipinski definition) is 1. The molecule has 0 saturated heterocycles. The van der Waals surface area contributed by atoms with E-state index in [1.54, 1.807) is 0 Å². The van der Waals surface area contributed by atoms with Gasteiger partial charge in [-0.15, -0.1) is 0 Å². The summed E-state index contributed by atoms with van der Waals surface area (Å²) < 4.78 is 12.4. The van der Waals surface area contributed by atoms with Crippen LogP contribution in [-0.2, 0) is 0 Å². The zero-order valence-electron chi connectivity index (χ0n) is 5.37. The van der Waals surface area contributed by atoms with E-state index in [-0.39, 0.29) is 10.3 Å². The standard InChI is InChI=1S/C6H6Cl2FN/c1-3-5(9)6(8)10-4(2)7/h3H,2H2,1H3/b5-3+,10-6?. The van der Waals surface area contributed by atoms with Crippen LogP contribution in [0.25, 0.3) is 0 Å². The molecule has 0 aromatic carbocycles. The number of hydrogen-bond donors (Lipinski definition) is 0. The molecule has 0 atom stereocenters. The minimum atomic E-state index is -0.608. The van der Waals surface area contributed by atoms with Gasteiger partial charge in [-0.3, -0.25) is 0 Å². The van der Waals surface area contributed by atoms with Crippen LogP contribution < -0.4 is 0 Å². The molecule has 0 spiro atoms. The van der Waals surface area contributed by atoms with Gasteiger partial charge in [0.1, 0.15) is 5.16 Å². The van der Waals surface area contributed by atoms with Gasteiger partial charge in [0.2, 0.25) is 0 Å². The van der Waals surface area contributed by atoms with Crippen LogP contribution in [0.5, 0.6) is 0 Å². The predicted molar refractivity (Wildman–Crippen MR) is 43.1 cm³/mol. The van der Waals surface area contributed by atoms with Crippen LogP contribution in [0.3, 0.4) is 0 Å². The lowest BCUT2D eigenvalue weighted by atomic mass is 10.5. The van der Waals surface area contributed by atoms with E-state index in [0.29, 0.717) is 0 Å². The SMILES string of the molecule is C=C(Cl)N=C(Cl)/C(F)=C\C. The summed E-state index contributed by atoms with van der Waals surface area (Å²) in [5.74, 6) is -0.608. The summed E-state index contributed by atoms with van der Waals surface area (Å²) in [5, 5.41) is -0.315. The maximum atomic E-state index is 12.4. The molecule has 10 heavy (non-hydrogen) atoms. The molecule has 0 aliphatic carbocycles. The Balaban J connectivity index is 4.35. The minimum absolute atomic E-state index is 0.0398. The van der Waals surface area contributed by atoms with Gasteiger partial charge in [0.15, 0.2) is 11.0 Å². The number of aliphatic imine (C=N–C) groups is 1. The van der Waals surface area contributed by atoms with Crippen molar-refractivity contribution >= 4 is 28.4 Å². The normalized spacial score (nSPS) is 13.6. The highest BCUT2D eigenvalue weighted by Crippen LogP contribution is 2.08. The molecule has 0 bridgehead atoms. The second-order valence-electron chi connectivity index (χ2n) is 1.42. The number of halogens is 3. The minimum Gasteiger partial charge on any atom is -0.222 e.